The number of hydrogen-bond acceptors (Lipinski definition) is 4. The Kier molecular flexibility index (Phi) is 4.74. The van der Waals surface area contributed by atoms with E-state index >= 15 is 0 Å². The van der Waals surface area contributed by atoms with Gasteiger partial charge < -0.3 is 4.90 Å². The lowest BCUT2D eigenvalue weighted by atomic mass is 10.2. The molecule has 0 aromatic carbocycles. The Morgan fingerprint density at radius 3 is 3.00 bits per heavy atom. The third kappa shape index (κ3) is 3.16. The molecule has 0 bridgehead atoms. The van der Waals surface area contributed by atoms with Crippen LogP contribution in [0.2, 0.25) is 0 Å². The van der Waals surface area contributed by atoms with E-state index in [0.717, 1.165) is 18.7 Å². The summed E-state index contributed by atoms with van der Waals surface area (Å²) in [7, 11) is 0. The van der Waals surface area contributed by atoms with Crippen LogP contribution in [0.1, 0.15) is 17.4 Å². The average molecular weight is 268 g/mol. The standard InChI is InChI=1S/C12H16N2OS2/c1-16-8-2-7-14-11(15)9-17-12(14)10-3-5-13-6-4-10/h3-6,12H,2,7-9H2,1H3. The molecule has 1 aromatic rings. The molecule has 1 atom stereocenters. The van der Waals surface area contributed by atoms with Crippen molar-refractivity contribution in [3.63, 3.8) is 0 Å². The fraction of sp³-hybridized carbons (Fsp3) is 0.500. The van der Waals surface area contributed by atoms with E-state index in [1.807, 2.05) is 28.8 Å². The Morgan fingerprint density at radius 2 is 2.29 bits per heavy atom. The maximum atomic E-state index is 11.8. The minimum absolute atomic E-state index is 0.187. The number of thioether (sulfide) groups is 2. The van der Waals surface area contributed by atoms with Crippen LogP contribution in [0, 0.1) is 0 Å². The van der Waals surface area contributed by atoms with Gasteiger partial charge in [-0.2, -0.15) is 11.8 Å². The first kappa shape index (κ1) is 12.8. The van der Waals surface area contributed by atoms with Gasteiger partial charge in [-0.15, -0.1) is 11.8 Å². The zero-order chi connectivity index (χ0) is 12.1. The molecule has 2 heterocycles. The average Bonchev–Trinajstić information content (AvgIpc) is 2.73. The number of carbonyl (C=O) groups excluding carboxylic acids is 1. The maximum Gasteiger partial charge on any atom is 0.233 e. The van der Waals surface area contributed by atoms with Gasteiger partial charge in [-0.1, -0.05) is 0 Å². The molecule has 1 unspecified atom stereocenters. The second-order valence-electron chi connectivity index (χ2n) is 3.88. The second kappa shape index (κ2) is 6.31. The highest BCUT2D eigenvalue weighted by atomic mass is 32.2. The Morgan fingerprint density at radius 1 is 1.53 bits per heavy atom. The van der Waals surface area contributed by atoms with Crippen LogP contribution in [0.15, 0.2) is 24.5 Å². The van der Waals surface area contributed by atoms with E-state index in [1.165, 1.54) is 5.56 Å². The smallest absolute Gasteiger partial charge is 0.233 e. The van der Waals surface area contributed by atoms with Gasteiger partial charge in [0.25, 0.3) is 0 Å². The third-order valence-electron chi connectivity index (χ3n) is 2.71. The zero-order valence-electron chi connectivity index (χ0n) is 9.83. The lowest BCUT2D eigenvalue weighted by Gasteiger charge is -2.23. The molecule has 3 nitrogen and oxygen atoms in total. The molecule has 0 spiro atoms. The molecule has 0 saturated carbocycles. The van der Waals surface area contributed by atoms with Crippen LogP contribution in [0.4, 0.5) is 0 Å². The number of carbonyl (C=O) groups is 1. The largest absolute Gasteiger partial charge is 0.326 e. The van der Waals surface area contributed by atoms with Crippen LogP contribution in [-0.4, -0.2) is 40.1 Å². The van der Waals surface area contributed by atoms with Crippen LogP contribution in [-0.2, 0) is 4.79 Å². The predicted octanol–water partition coefficient (Wildman–Crippen LogP) is 2.41. The quantitative estimate of drug-likeness (QED) is 0.768. The van der Waals surface area contributed by atoms with E-state index < -0.39 is 0 Å². The van der Waals surface area contributed by atoms with Crippen LogP contribution < -0.4 is 0 Å². The fourth-order valence-corrected chi connectivity index (χ4v) is 3.52. The van der Waals surface area contributed by atoms with E-state index in [-0.39, 0.29) is 11.3 Å². The van der Waals surface area contributed by atoms with Gasteiger partial charge in [0.2, 0.25) is 5.91 Å². The molecule has 0 radical (unpaired) electrons. The molecule has 0 aliphatic carbocycles. The highest BCUT2D eigenvalue weighted by Crippen LogP contribution is 2.38. The van der Waals surface area contributed by atoms with Gasteiger partial charge in [-0.05, 0) is 36.1 Å². The molecule has 0 N–H and O–H groups in total. The predicted molar refractivity (Wildman–Crippen MR) is 74.1 cm³/mol. The fourth-order valence-electron chi connectivity index (χ4n) is 1.88. The van der Waals surface area contributed by atoms with E-state index in [1.54, 1.807) is 24.2 Å². The lowest BCUT2D eigenvalue weighted by Crippen LogP contribution is -2.29. The van der Waals surface area contributed by atoms with Crippen molar-refractivity contribution < 1.29 is 4.79 Å². The minimum Gasteiger partial charge on any atom is -0.326 e. The molecule has 1 aliphatic rings. The molecule has 1 amide bonds. The molecule has 1 fully saturated rings. The van der Waals surface area contributed by atoms with Crippen molar-refractivity contribution in [2.75, 3.05) is 24.3 Å². The summed E-state index contributed by atoms with van der Waals surface area (Å²) in [5.74, 6) is 1.97. The number of nitrogens with zero attached hydrogens (tertiary/aromatic N) is 2. The Labute approximate surface area is 110 Å². The van der Waals surface area contributed by atoms with Crippen LogP contribution in [0.5, 0.6) is 0 Å². The monoisotopic (exact) mass is 268 g/mol. The van der Waals surface area contributed by atoms with Gasteiger partial charge in [-0.25, -0.2) is 0 Å². The Hall–Kier alpha value is -0.680. The first-order valence-corrected chi connectivity index (χ1v) is 8.07. The van der Waals surface area contributed by atoms with E-state index in [2.05, 4.69) is 11.2 Å². The molecule has 2 rings (SSSR count). The third-order valence-corrected chi connectivity index (χ3v) is 4.66. The van der Waals surface area contributed by atoms with Crippen molar-refractivity contribution in [3.05, 3.63) is 30.1 Å². The minimum atomic E-state index is 0.187. The maximum absolute atomic E-state index is 11.8. The van der Waals surface area contributed by atoms with Crippen LogP contribution in [0.3, 0.4) is 0 Å². The SMILES string of the molecule is CSCCCN1C(=O)CSC1c1ccncc1. The van der Waals surface area contributed by atoms with E-state index in [4.69, 9.17) is 0 Å². The molecular formula is C12H16N2OS2. The Bertz CT molecular complexity index is 372. The number of hydrogen-bond donors (Lipinski definition) is 0. The summed E-state index contributed by atoms with van der Waals surface area (Å²) in [4.78, 5) is 17.9. The number of pyridine rings is 1. The topological polar surface area (TPSA) is 33.2 Å². The van der Waals surface area contributed by atoms with Crippen LogP contribution in [0.25, 0.3) is 0 Å². The Balaban J connectivity index is 2.03. The van der Waals surface area contributed by atoms with Crippen molar-refractivity contribution in [2.45, 2.75) is 11.8 Å². The van der Waals surface area contributed by atoms with Crippen molar-refractivity contribution in [2.24, 2.45) is 0 Å². The molecular weight excluding hydrogens is 252 g/mol. The summed E-state index contributed by atoms with van der Waals surface area (Å²) in [5, 5.41) is 0.187. The van der Waals surface area contributed by atoms with Gasteiger partial charge in [0, 0.05) is 18.9 Å². The van der Waals surface area contributed by atoms with Crippen molar-refractivity contribution in [1.29, 1.82) is 0 Å². The zero-order valence-corrected chi connectivity index (χ0v) is 11.5. The van der Waals surface area contributed by atoms with E-state index in [0.29, 0.717) is 5.75 Å². The first-order chi connectivity index (χ1) is 8.33. The first-order valence-electron chi connectivity index (χ1n) is 5.63. The molecule has 1 saturated heterocycles. The highest BCUT2D eigenvalue weighted by molar-refractivity contribution is 8.00. The molecule has 1 aliphatic heterocycles. The van der Waals surface area contributed by atoms with Crippen molar-refractivity contribution >= 4 is 29.4 Å². The highest BCUT2D eigenvalue weighted by Gasteiger charge is 2.31. The molecule has 5 heteroatoms. The molecule has 17 heavy (non-hydrogen) atoms. The summed E-state index contributed by atoms with van der Waals surface area (Å²) in [6, 6.07) is 4.00. The van der Waals surface area contributed by atoms with Gasteiger partial charge >= 0.3 is 0 Å². The van der Waals surface area contributed by atoms with E-state index in [9.17, 15) is 4.79 Å². The molecule has 92 valence electrons. The normalized spacial score (nSPS) is 19.9. The van der Waals surface area contributed by atoms with Crippen molar-refractivity contribution in [3.8, 4) is 0 Å². The number of amides is 1. The molecule has 1 aromatic heterocycles. The van der Waals surface area contributed by atoms with Crippen LogP contribution >= 0.6 is 23.5 Å². The summed E-state index contributed by atoms with van der Waals surface area (Å²) in [5.41, 5.74) is 1.18. The second-order valence-corrected chi connectivity index (χ2v) is 5.93. The summed E-state index contributed by atoms with van der Waals surface area (Å²) in [6.45, 7) is 0.861. The number of aromatic nitrogens is 1. The van der Waals surface area contributed by atoms with Gasteiger partial charge in [0.05, 0.1) is 5.75 Å². The summed E-state index contributed by atoms with van der Waals surface area (Å²) in [6.07, 6.45) is 6.74. The summed E-state index contributed by atoms with van der Waals surface area (Å²) < 4.78 is 0. The van der Waals surface area contributed by atoms with Gasteiger partial charge in [0.1, 0.15) is 5.37 Å². The lowest BCUT2D eigenvalue weighted by molar-refractivity contribution is -0.128. The van der Waals surface area contributed by atoms with Crippen molar-refractivity contribution in [1.82, 2.24) is 9.88 Å². The summed E-state index contributed by atoms with van der Waals surface area (Å²) >= 11 is 3.54. The van der Waals surface area contributed by atoms with Gasteiger partial charge in [-0.3, -0.25) is 9.78 Å². The number of rotatable bonds is 5. The van der Waals surface area contributed by atoms with Gasteiger partial charge in [0.15, 0.2) is 0 Å².